The lowest BCUT2D eigenvalue weighted by Crippen LogP contribution is -2.19. The Kier molecular flexibility index (Phi) is 4.83. The molecule has 0 unspecified atom stereocenters. The first-order valence-electron chi connectivity index (χ1n) is 6.06. The van der Waals surface area contributed by atoms with Crippen LogP contribution in [0.5, 0.6) is 5.75 Å². The number of phenolic OH excluding ortho intramolecular Hbond substituents is 1. The standard InChI is InChI=1S/C15H12Cl2N2O2/c1-9(10-2-5-12(20)6-3-10)18-19-15(21)11-4-7-13(16)14(17)8-11/h2-8,20H,1H3,(H,19,21)/b18-9+. The largest absolute Gasteiger partial charge is 0.508 e. The van der Waals surface area contributed by atoms with Crippen LogP contribution >= 0.6 is 23.2 Å². The van der Waals surface area contributed by atoms with Crippen LogP contribution in [0.3, 0.4) is 0 Å². The number of carbonyl (C=O) groups is 1. The van der Waals surface area contributed by atoms with Gasteiger partial charge < -0.3 is 5.11 Å². The lowest BCUT2D eigenvalue weighted by Gasteiger charge is -2.04. The minimum atomic E-state index is -0.383. The fraction of sp³-hybridized carbons (Fsp3) is 0.0667. The van der Waals surface area contributed by atoms with E-state index in [9.17, 15) is 9.90 Å². The second-order valence-electron chi connectivity index (χ2n) is 4.31. The molecule has 2 rings (SSSR count). The summed E-state index contributed by atoms with van der Waals surface area (Å²) >= 11 is 11.7. The molecule has 108 valence electrons. The maximum absolute atomic E-state index is 11.9. The highest BCUT2D eigenvalue weighted by atomic mass is 35.5. The lowest BCUT2D eigenvalue weighted by atomic mass is 10.1. The number of carbonyl (C=O) groups excluding carboxylic acids is 1. The summed E-state index contributed by atoms with van der Waals surface area (Å²) in [7, 11) is 0. The maximum Gasteiger partial charge on any atom is 0.271 e. The van der Waals surface area contributed by atoms with E-state index in [1.165, 1.54) is 6.07 Å². The van der Waals surface area contributed by atoms with Crippen molar-refractivity contribution in [2.45, 2.75) is 6.92 Å². The van der Waals surface area contributed by atoms with Crippen LogP contribution in [0.1, 0.15) is 22.8 Å². The Morgan fingerprint density at radius 2 is 1.67 bits per heavy atom. The molecule has 0 saturated heterocycles. The van der Waals surface area contributed by atoms with Gasteiger partial charge in [-0.25, -0.2) is 5.43 Å². The van der Waals surface area contributed by atoms with Crippen LogP contribution < -0.4 is 5.43 Å². The molecule has 6 heteroatoms. The molecule has 0 aromatic heterocycles. The zero-order valence-corrected chi connectivity index (χ0v) is 12.6. The Hall–Kier alpha value is -2.04. The summed E-state index contributed by atoms with van der Waals surface area (Å²) in [4.78, 5) is 11.9. The number of amides is 1. The Morgan fingerprint density at radius 1 is 1.05 bits per heavy atom. The fourth-order valence-electron chi connectivity index (χ4n) is 1.60. The third-order valence-electron chi connectivity index (χ3n) is 2.79. The van der Waals surface area contributed by atoms with Gasteiger partial charge in [-0.2, -0.15) is 5.10 Å². The first-order chi connectivity index (χ1) is 9.97. The smallest absolute Gasteiger partial charge is 0.271 e. The zero-order chi connectivity index (χ0) is 15.4. The number of benzene rings is 2. The van der Waals surface area contributed by atoms with Gasteiger partial charge >= 0.3 is 0 Å². The van der Waals surface area contributed by atoms with Crippen molar-refractivity contribution >= 4 is 34.8 Å². The van der Waals surface area contributed by atoms with Gasteiger partial charge in [0.15, 0.2) is 0 Å². The molecule has 0 fully saturated rings. The van der Waals surface area contributed by atoms with Gasteiger partial charge in [0.25, 0.3) is 5.91 Å². The van der Waals surface area contributed by atoms with E-state index in [2.05, 4.69) is 10.5 Å². The maximum atomic E-state index is 11.9. The number of phenols is 1. The van der Waals surface area contributed by atoms with Gasteiger partial charge in [0, 0.05) is 5.56 Å². The van der Waals surface area contributed by atoms with Crippen LogP contribution in [0, 0.1) is 0 Å². The summed E-state index contributed by atoms with van der Waals surface area (Å²) in [5, 5.41) is 13.9. The molecule has 2 aromatic carbocycles. The highest BCUT2D eigenvalue weighted by molar-refractivity contribution is 6.42. The van der Waals surface area contributed by atoms with Crippen LogP contribution in [-0.4, -0.2) is 16.7 Å². The van der Waals surface area contributed by atoms with Crippen molar-refractivity contribution < 1.29 is 9.90 Å². The summed E-state index contributed by atoms with van der Waals surface area (Å²) in [6.45, 7) is 1.75. The molecule has 0 aliphatic rings. The molecule has 2 N–H and O–H groups in total. The van der Waals surface area contributed by atoms with Crippen LogP contribution in [0.15, 0.2) is 47.6 Å². The van der Waals surface area contributed by atoms with E-state index in [0.29, 0.717) is 21.3 Å². The average Bonchev–Trinajstić information content (AvgIpc) is 2.48. The highest BCUT2D eigenvalue weighted by Gasteiger charge is 2.07. The van der Waals surface area contributed by atoms with E-state index < -0.39 is 0 Å². The number of nitrogens with one attached hydrogen (secondary N) is 1. The Balaban J connectivity index is 2.10. The molecule has 0 bridgehead atoms. The Morgan fingerprint density at radius 3 is 2.29 bits per heavy atom. The van der Waals surface area contributed by atoms with Crippen LogP contribution in [0.25, 0.3) is 0 Å². The minimum absolute atomic E-state index is 0.173. The van der Waals surface area contributed by atoms with E-state index >= 15 is 0 Å². The monoisotopic (exact) mass is 322 g/mol. The van der Waals surface area contributed by atoms with Crippen molar-refractivity contribution in [2.24, 2.45) is 5.10 Å². The average molecular weight is 323 g/mol. The van der Waals surface area contributed by atoms with Gasteiger partial charge in [-0.1, -0.05) is 23.2 Å². The van der Waals surface area contributed by atoms with Crippen molar-refractivity contribution in [1.29, 1.82) is 0 Å². The molecular formula is C15H12Cl2N2O2. The van der Waals surface area contributed by atoms with Gasteiger partial charge in [-0.15, -0.1) is 0 Å². The lowest BCUT2D eigenvalue weighted by molar-refractivity contribution is 0.0955. The van der Waals surface area contributed by atoms with Crippen molar-refractivity contribution in [3.8, 4) is 5.75 Å². The number of hydrazone groups is 1. The van der Waals surface area contributed by atoms with Crippen LogP contribution in [0.2, 0.25) is 10.0 Å². The predicted octanol–water partition coefficient (Wildman–Crippen LogP) is 3.85. The third kappa shape index (κ3) is 3.97. The first kappa shape index (κ1) is 15.4. The molecule has 0 atom stereocenters. The molecule has 21 heavy (non-hydrogen) atoms. The molecule has 0 radical (unpaired) electrons. The van der Waals surface area contributed by atoms with Gasteiger partial charge in [-0.3, -0.25) is 4.79 Å². The number of hydrogen-bond acceptors (Lipinski definition) is 3. The summed E-state index contributed by atoms with van der Waals surface area (Å²) in [6, 6.07) is 11.1. The number of halogens is 2. The normalized spacial score (nSPS) is 11.3. The predicted molar refractivity (Wildman–Crippen MR) is 84.2 cm³/mol. The molecule has 0 aliphatic carbocycles. The van der Waals surface area contributed by atoms with Gasteiger partial charge in [0.05, 0.1) is 15.8 Å². The number of hydrogen-bond donors (Lipinski definition) is 2. The number of rotatable bonds is 3. The summed E-state index contributed by atoms with van der Waals surface area (Å²) in [5.41, 5.74) is 4.22. The Labute approximate surface area is 132 Å². The quantitative estimate of drug-likeness (QED) is 0.666. The zero-order valence-electron chi connectivity index (χ0n) is 11.1. The Bertz CT molecular complexity index is 697. The highest BCUT2D eigenvalue weighted by Crippen LogP contribution is 2.22. The van der Waals surface area contributed by atoms with Crippen molar-refractivity contribution in [3.05, 3.63) is 63.6 Å². The van der Waals surface area contributed by atoms with Gasteiger partial charge in [0.2, 0.25) is 0 Å². The molecule has 0 heterocycles. The van der Waals surface area contributed by atoms with Gasteiger partial charge in [0.1, 0.15) is 5.75 Å². The van der Waals surface area contributed by atoms with Gasteiger partial charge in [-0.05, 0) is 55.0 Å². The summed E-state index contributed by atoms with van der Waals surface area (Å²) < 4.78 is 0. The molecule has 0 saturated carbocycles. The molecule has 2 aromatic rings. The van der Waals surface area contributed by atoms with Crippen LogP contribution in [-0.2, 0) is 0 Å². The summed E-state index contributed by atoms with van der Waals surface area (Å²) in [5.74, 6) is -0.210. The molecule has 0 aliphatic heterocycles. The van der Waals surface area contributed by atoms with E-state index in [1.54, 1.807) is 43.3 Å². The van der Waals surface area contributed by atoms with E-state index in [4.69, 9.17) is 23.2 Å². The van der Waals surface area contributed by atoms with E-state index in [-0.39, 0.29) is 11.7 Å². The van der Waals surface area contributed by atoms with Crippen molar-refractivity contribution in [3.63, 3.8) is 0 Å². The van der Waals surface area contributed by atoms with Crippen LogP contribution in [0.4, 0.5) is 0 Å². The van der Waals surface area contributed by atoms with E-state index in [1.807, 2.05) is 0 Å². The second kappa shape index (κ2) is 6.61. The minimum Gasteiger partial charge on any atom is -0.508 e. The topological polar surface area (TPSA) is 61.7 Å². The van der Waals surface area contributed by atoms with Crippen molar-refractivity contribution in [2.75, 3.05) is 0 Å². The fourth-order valence-corrected chi connectivity index (χ4v) is 1.90. The summed E-state index contributed by atoms with van der Waals surface area (Å²) in [6.07, 6.45) is 0. The molecular weight excluding hydrogens is 311 g/mol. The van der Waals surface area contributed by atoms with E-state index in [0.717, 1.165) is 5.56 Å². The second-order valence-corrected chi connectivity index (χ2v) is 5.13. The SMILES string of the molecule is C/C(=N\NC(=O)c1ccc(Cl)c(Cl)c1)c1ccc(O)cc1. The molecule has 4 nitrogen and oxygen atoms in total. The molecule has 1 amide bonds. The molecule has 0 spiro atoms. The first-order valence-corrected chi connectivity index (χ1v) is 6.82. The number of aromatic hydroxyl groups is 1. The van der Waals surface area contributed by atoms with Crippen molar-refractivity contribution in [1.82, 2.24) is 5.43 Å². The third-order valence-corrected chi connectivity index (χ3v) is 3.53. The number of nitrogens with zero attached hydrogens (tertiary/aromatic N) is 1.